The first-order valence-corrected chi connectivity index (χ1v) is 6.72. The second-order valence-electron chi connectivity index (χ2n) is 5.84. The Balaban J connectivity index is 1.70. The molecule has 0 radical (unpaired) electrons. The van der Waals surface area contributed by atoms with Gasteiger partial charge in [-0.05, 0) is 12.5 Å². The van der Waals surface area contributed by atoms with E-state index in [0.717, 1.165) is 19.6 Å². The number of fused-ring (bicyclic) bond motifs is 2. The van der Waals surface area contributed by atoms with Gasteiger partial charge < -0.3 is 9.84 Å². The standard InChI is InChI=1S/C15H21NO2/c1-15(17)13-8-16(9-14(15)11-18-10-13)7-12-5-3-2-4-6-12/h2-6,13-14,17H,7-11H2,1H3. The van der Waals surface area contributed by atoms with E-state index >= 15 is 0 Å². The maximum absolute atomic E-state index is 10.5. The van der Waals surface area contributed by atoms with Crippen LogP contribution in [0.3, 0.4) is 0 Å². The van der Waals surface area contributed by atoms with Crippen LogP contribution in [0.2, 0.25) is 0 Å². The Labute approximate surface area is 108 Å². The number of likely N-dealkylation sites (tertiary alicyclic amines) is 1. The molecule has 0 aromatic heterocycles. The average Bonchev–Trinajstić information content (AvgIpc) is 2.31. The largest absolute Gasteiger partial charge is 0.389 e. The van der Waals surface area contributed by atoms with Crippen LogP contribution < -0.4 is 0 Å². The molecule has 1 aromatic rings. The van der Waals surface area contributed by atoms with Crippen molar-refractivity contribution in [2.24, 2.45) is 11.8 Å². The zero-order valence-corrected chi connectivity index (χ0v) is 10.9. The van der Waals surface area contributed by atoms with Crippen LogP contribution in [-0.4, -0.2) is 41.9 Å². The van der Waals surface area contributed by atoms with Gasteiger partial charge in [0, 0.05) is 31.5 Å². The average molecular weight is 247 g/mol. The summed E-state index contributed by atoms with van der Waals surface area (Å²) in [5, 5.41) is 10.5. The van der Waals surface area contributed by atoms with E-state index in [-0.39, 0.29) is 11.8 Å². The van der Waals surface area contributed by atoms with Gasteiger partial charge in [-0.2, -0.15) is 0 Å². The summed E-state index contributed by atoms with van der Waals surface area (Å²) in [5.41, 5.74) is 0.795. The molecule has 2 fully saturated rings. The van der Waals surface area contributed by atoms with Crippen molar-refractivity contribution < 1.29 is 9.84 Å². The summed E-state index contributed by atoms with van der Waals surface area (Å²) < 4.78 is 5.58. The third-order valence-electron chi connectivity index (χ3n) is 4.50. The van der Waals surface area contributed by atoms with Crippen molar-refractivity contribution in [1.29, 1.82) is 0 Å². The van der Waals surface area contributed by atoms with Gasteiger partial charge in [0.2, 0.25) is 0 Å². The Bertz CT molecular complexity index is 388. The van der Waals surface area contributed by atoms with Gasteiger partial charge in [0.05, 0.1) is 18.8 Å². The van der Waals surface area contributed by atoms with E-state index in [0.29, 0.717) is 13.2 Å². The van der Waals surface area contributed by atoms with Crippen LogP contribution in [0.1, 0.15) is 12.5 Å². The third kappa shape index (κ3) is 2.18. The fourth-order valence-electron chi connectivity index (χ4n) is 3.17. The lowest BCUT2D eigenvalue weighted by atomic mass is 9.73. The highest BCUT2D eigenvalue weighted by Crippen LogP contribution is 2.36. The van der Waals surface area contributed by atoms with E-state index in [1.807, 2.05) is 13.0 Å². The monoisotopic (exact) mass is 247 g/mol. The SMILES string of the molecule is CC1(O)C2COCC1CN(Cc1ccccc1)C2. The van der Waals surface area contributed by atoms with Gasteiger partial charge in [0.1, 0.15) is 0 Å². The molecule has 2 heterocycles. The van der Waals surface area contributed by atoms with Crippen LogP contribution in [0.15, 0.2) is 30.3 Å². The predicted molar refractivity (Wildman–Crippen MR) is 70.1 cm³/mol. The molecular formula is C15H21NO2. The number of nitrogens with zero attached hydrogens (tertiary/aromatic N) is 1. The zero-order valence-electron chi connectivity index (χ0n) is 10.9. The van der Waals surface area contributed by atoms with Crippen molar-refractivity contribution in [3.05, 3.63) is 35.9 Å². The molecule has 2 atom stereocenters. The van der Waals surface area contributed by atoms with E-state index < -0.39 is 5.60 Å². The first-order valence-electron chi connectivity index (χ1n) is 6.72. The first-order chi connectivity index (χ1) is 8.66. The second-order valence-corrected chi connectivity index (χ2v) is 5.84. The van der Waals surface area contributed by atoms with Crippen molar-refractivity contribution in [3.8, 4) is 0 Å². The fourth-order valence-corrected chi connectivity index (χ4v) is 3.17. The number of piperidine rings is 1. The smallest absolute Gasteiger partial charge is 0.0744 e. The molecule has 3 rings (SSSR count). The lowest BCUT2D eigenvalue weighted by Crippen LogP contribution is -2.61. The molecule has 0 aliphatic carbocycles. The Morgan fingerprint density at radius 3 is 2.44 bits per heavy atom. The van der Waals surface area contributed by atoms with Gasteiger partial charge in [0.25, 0.3) is 0 Å². The molecule has 2 bridgehead atoms. The number of hydrogen-bond acceptors (Lipinski definition) is 3. The molecule has 2 unspecified atom stereocenters. The van der Waals surface area contributed by atoms with E-state index in [9.17, 15) is 5.11 Å². The summed E-state index contributed by atoms with van der Waals surface area (Å²) in [4.78, 5) is 2.45. The normalized spacial score (nSPS) is 36.6. The van der Waals surface area contributed by atoms with Gasteiger partial charge >= 0.3 is 0 Å². The Hall–Kier alpha value is -0.900. The summed E-state index contributed by atoms with van der Waals surface area (Å²) in [5.74, 6) is 0.488. The summed E-state index contributed by atoms with van der Waals surface area (Å²) in [6, 6.07) is 10.5. The van der Waals surface area contributed by atoms with Crippen LogP contribution in [-0.2, 0) is 11.3 Å². The summed E-state index contributed by atoms with van der Waals surface area (Å²) in [6.07, 6.45) is 0. The maximum atomic E-state index is 10.5. The Kier molecular flexibility index (Phi) is 3.14. The van der Waals surface area contributed by atoms with Crippen molar-refractivity contribution in [2.75, 3.05) is 26.3 Å². The quantitative estimate of drug-likeness (QED) is 0.860. The number of ether oxygens (including phenoxy) is 1. The van der Waals surface area contributed by atoms with Gasteiger partial charge in [-0.25, -0.2) is 0 Å². The third-order valence-corrected chi connectivity index (χ3v) is 4.50. The van der Waals surface area contributed by atoms with Gasteiger partial charge in [-0.1, -0.05) is 30.3 Å². The summed E-state index contributed by atoms with van der Waals surface area (Å²) in [7, 11) is 0. The molecule has 3 heteroatoms. The van der Waals surface area contributed by atoms with Crippen LogP contribution in [0, 0.1) is 11.8 Å². The topological polar surface area (TPSA) is 32.7 Å². The number of benzene rings is 1. The molecular weight excluding hydrogens is 226 g/mol. The Morgan fingerprint density at radius 1 is 1.22 bits per heavy atom. The highest BCUT2D eigenvalue weighted by atomic mass is 16.5. The molecule has 18 heavy (non-hydrogen) atoms. The van der Waals surface area contributed by atoms with E-state index in [1.54, 1.807) is 0 Å². The predicted octanol–water partition coefficient (Wildman–Crippen LogP) is 1.52. The minimum absolute atomic E-state index is 0.244. The highest BCUT2D eigenvalue weighted by Gasteiger charge is 2.47. The molecule has 0 amide bonds. The zero-order chi connectivity index (χ0) is 12.6. The van der Waals surface area contributed by atoms with E-state index in [2.05, 4.69) is 29.2 Å². The van der Waals surface area contributed by atoms with Gasteiger partial charge in [-0.3, -0.25) is 4.90 Å². The van der Waals surface area contributed by atoms with Crippen LogP contribution in [0.4, 0.5) is 0 Å². The van der Waals surface area contributed by atoms with Gasteiger partial charge in [0.15, 0.2) is 0 Å². The molecule has 98 valence electrons. The second kappa shape index (κ2) is 4.65. The maximum Gasteiger partial charge on any atom is 0.0744 e. The lowest BCUT2D eigenvalue weighted by molar-refractivity contribution is -0.183. The van der Waals surface area contributed by atoms with Crippen LogP contribution in [0.25, 0.3) is 0 Å². The molecule has 0 saturated carbocycles. The molecule has 0 spiro atoms. The van der Waals surface area contributed by atoms with Crippen molar-refractivity contribution in [3.63, 3.8) is 0 Å². The number of aliphatic hydroxyl groups is 1. The van der Waals surface area contributed by atoms with Gasteiger partial charge in [-0.15, -0.1) is 0 Å². The lowest BCUT2D eigenvalue weighted by Gasteiger charge is -2.51. The van der Waals surface area contributed by atoms with E-state index in [4.69, 9.17) is 4.74 Å². The molecule has 3 nitrogen and oxygen atoms in total. The minimum Gasteiger partial charge on any atom is -0.389 e. The van der Waals surface area contributed by atoms with E-state index in [1.165, 1.54) is 5.56 Å². The summed E-state index contributed by atoms with van der Waals surface area (Å²) >= 11 is 0. The van der Waals surface area contributed by atoms with Crippen molar-refractivity contribution >= 4 is 0 Å². The molecule has 2 saturated heterocycles. The fraction of sp³-hybridized carbons (Fsp3) is 0.600. The number of rotatable bonds is 2. The van der Waals surface area contributed by atoms with Crippen LogP contribution in [0.5, 0.6) is 0 Å². The minimum atomic E-state index is -0.550. The Morgan fingerprint density at radius 2 is 1.83 bits per heavy atom. The van der Waals surface area contributed by atoms with Crippen molar-refractivity contribution in [2.45, 2.75) is 19.1 Å². The summed E-state index contributed by atoms with van der Waals surface area (Å²) in [6.45, 7) is 6.19. The first kappa shape index (κ1) is 12.2. The molecule has 2 aliphatic rings. The number of hydrogen-bond donors (Lipinski definition) is 1. The highest BCUT2D eigenvalue weighted by molar-refractivity contribution is 5.15. The molecule has 2 aliphatic heterocycles. The molecule has 1 aromatic carbocycles. The molecule has 1 N–H and O–H groups in total. The van der Waals surface area contributed by atoms with Crippen molar-refractivity contribution in [1.82, 2.24) is 4.90 Å². The van der Waals surface area contributed by atoms with Crippen LogP contribution >= 0.6 is 0 Å².